The van der Waals surface area contributed by atoms with Gasteiger partial charge in [0.05, 0.1) is 12.6 Å². The zero-order valence-electron chi connectivity index (χ0n) is 9.61. The first-order chi connectivity index (χ1) is 8.70. The Morgan fingerprint density at radius 1 is 1.17 bits per heavy atom. The van der Waals surface area contributed by atoms with Crippen molar-refractivity contribution in [3.8, 4) is 0 Å². The summed E-state index contributed by atoms with van der Waals surface area (Å²) in [5.74, 6) is -0.556. The normalized spacial score (nSPS) is 10.9. The Labute approximate surface area is 101 Å². The third-order valence-corrected chi connectivity index (χ3v) is 2.89. The molecule has 0 aliphatic carbocycles. The number of methoxy groups -OCH3 is 1. The van der Waals surface area contributed by atoms with Gasteiger partial charge in [-0.25, -0.2) is 4.79 Å². The molecule has 5 heteroatoms. The maximum absolute atomic E-state index is 11.9. The summed E-state index contributed by atoms with van der Waals surface area (Å²) in [5, 5.41) is 0.871. The first-order valence-electron chi connectivity index (χ1n) is 5.43. The van der Waals surface area contributed by atoms with E-state index >= 15 is 0 Å². The minimum Gasteiger partial charge on any atom is -0.464 e. The Hall–Kier alpha value is -2.56. The fourth-order valence-electron chi connectivity index (χ4n) is 2.05. The zero-order chi connectivity index (χ0) is 12.7. The predicted molar refractivity (Wildman–Crippen MR) is 67.8 cm³/mol. The number of aromatic amines is 2. The van der Waals surface area contributed by atoms with Crippen molar-refractivity contribution < 1.29 is 9.53 Å². The van der Waals surface area contributed by atoms with Crippen LogP contribution < -0.4 is 5.43 Å². The van der Waals surface area contributed by atoms with Gasteiger partial charge in [0.2, 0.25) is 5.43 Å². The quantitative estimate of drug-likeness (QED) is 0.639. The van der Waals surface area contributed by atoms with Crippen molar-refractivity contribution in [3.05, 3.63) is 46.2 Å². The number of pyridine rings is 1. The smallest absolute Gasteiger partial charge is 0.354 e. The highest BCUT2D eigenvalue weighted by Crippen LogP contribution is 2.21. The van der Waals surface area contributed by atoms with Gasteiger partial charge in [-0.3, -0.25) is 4.79 Å². The number of rotatable bonds is 1. The summed E-state index contributed by atoms with van der Waals surface area (Å²) < 4.78 is 4.61. The molecule has 3 rings (SSSR count). The molecule has 0 fully saturated rings. The van der Waals surface area contributed by atoms with Crippen LogP contribution in [0.15, 0.2) is 35.1 Å². The van der Waals surface area contributed by atoms with Crippen LogP contribution in [0.5, 0.6) is 0 Å². The molecule has 5 nitrogen and oxygen atoms in total. The van der Waals surface area contributed by atoms with Crippen LogP contribution in [-0.4, -0.2) is 23.0 Å². The summed E-state index contributed by atoms with van der Waals surface area (Å²) in [4.78, 5) is 29.4. The standard InChI is InChI=1S/C13H10N2O3/c1-18-13(17)9-6-10(16)12-11(15-9)7-4-2-3-5-8(7)14-12/h2-6,14H,1H3,(H,15,16). The van der Waals surface area contributed by atoms with Crippen LogP contribution in [-0.2, 0) is 4.74 Å². The van der Waals surface area contributed by atoms with Crippen LogP contribution in [0.25, 0.3) is 21.9 Å². The van der Waals surface area contributed by atoms with Gasteiger partial charge in [0.25, 0.3) is 0 Å². The monoisotopic (exact) mass is 242 g/mol. The number of carbonyl (C=O) groups excluding carboxylic acids is 1. The fraction of sp³-hybridized carbons (Fsp3) is 0.0769. The number of H-pyrrole nitrogens is 2. The van der Waals surface area contributed by atoms with E-state index in [0.29, 0.717) is 11.0 Å². The van der Waals surface area contributed by atoms with E-state index in [9.17, 15) is 9.59 Å². The molecule has 90 valence electrons. The van der Waals surface area contributed by atoms with Gasteiger partial charge < -0.3 is 14.7 Å². The topological polar surface area (TPSA) is 75.0 Å². The molecule has 18 heavy (non-hydrogen) atoms. The highest BCUT2D eigenvalue weighted by Gasteiger charge is 2.12. The lowest BCUT2D eigenvalue weighted by Gasteiger charge is -1.99. The summed E-state index contributed by atoms with van der Waals surface area (Å²) in [6, 6.07) is 8.75. The molecule has 0 bridgehead atoms. The fourth-order valence-corrected chi connectivity index (χ4v) is 2.05. The molecule has 1 aromatic carbocycles. The van der Waals surface area contributed by atoms with E-state index in [2.05, 4.69) is 14.7 Å². The number of aromatic nitrogens is 2. The Kier molecular flexibility index (Phi) is 2.19. The number of carbonyl (C=O) groups is 1. The highest BCUT2D eigenvalue weighted by molar-refractivity contribution is 6.05. The third kappa shape index (κ3) is 1.41. The molecule has 0 saturated carbocycles. The molecule has 0 unspecified atom stereocenters. The van der Waals surface area contributed by atoms with Crippen LogP contribution >= 0.6 is 0 Å². The maximum atomic E-state index is 11.9. The van der Waals surface area contributed by atoms with E-state index in [0.717, 1.165) is 10.9 Å². The lowest BCUT2D eigenvalue weighted by molar-refractivity contribution is 0.0594. The minimum absolute atomic E-state index is 0.153. The van der Waals surface area contributed by atoms with E-state index in [4.69, 9.17) is 0 Å². The number of esters is 1. The molecule has 0 amide bonds. The van der Waals surface area contributed by atoms with Crippen LogP contribution in [0.1, 0.15) is 10.5 Å². The van der Waals surface area contributed by atoms with Crippen LogP contribution in [0.3, 0.4) is 0 Å². The van der Waals surface area contributed by atoms with Gasteiger partial charge in [-0.15, -0.1) is 0 Å². The second-order valence-corrected chi connectivity index (χ2v) is 3.96. The van der Waals surface area contributed by atoms with Crippen molar-refractivity contribution in [2.45, 2.75) is 0 Å². The number of ether oxygens (including phenoxy) is 1. The second-order valence-electron chi connectivity index (χ2n) is 3.96. The zero-order valence-corrected chi connectivity index (χ0v) is 9.61. The van der Waals surface area contributed by atoms with Crippen molar-refractivity contribution >= 4 is 27.9 Å². The lowest BCUT2D eigenvalue weighted by Crippen LogP contribution is -2.10. The molecule has 3 aromatic rings. The van der Waals surface area contributed by atoms with E-state index in [-0.39, 0.29) is 11.1 Å². The number of hydrogen-bond donors (Lipinski definition) is 2. The molecule has 0 aliphatic heterocycles. The van der Waals surface area contributed by atoms with Gasteiger partial charge in [0.15, 0.2) is 0 Å². The van der Waals surface area contributed by atoms with Crippen molar-refractivity contribution in [2.75, 3.05) is 7.11 Å². The van der Waals surface area contributed by atoms with Crippen LogP contribution in [0.2, 0.25) is 0 Å². The van der Waals surface area contributed by atoms with Crippen molar-refractivity contribution in [2.24, 2.45) is 0 Å². The molecule has 0 aliphatic rings. The summed E-state index contributed by atoms with van der Waals surface area (Å²) in [7, 11) is 1.28. The largest absolute Gasteiger partial charge is 0.464 e. The molecule has 0 spiro atoms. The molecule has 0 atom stereocenters. The van der Waals surface area contributed by atoms with Gasteiger partial charge in [0, 0.05) is 17.0 Å². The first-order valence-corrected chi connectivity index (χ1v) is 5.43. The molecular formula is C13H10N2O3. The first kappa shape index (κ1) is 10.6. The van der Waals surface area contributed by atoms with Crippen LogP contribution in [0.4, 0.5) is 0 Å². The lowest BCUT2D eigenvalue weighted by atomic mass is 10.2. The minimum atomic E-state index is -0.556. The molecule has 2 N–H and O–H groups in total. The number of benzene rings is 1. The van der Waals surface area contributed by atoms with Crippen molar-refractivity contribution in [1.29, 1.82) is 0 Å². The number of fused-ring (bicyclic) bond motifs is 3. The van der Waals surface area contributed by atoms with Gasteiger partial charge in [0.1, 0.15) is 11.2 Å². The van der Waals surface area contributed by atoms with E-state index < -0.39 is 5.97 Å². The Morgan fingerprint density at radius 3 is 2.72 bits per heavy atom. The van der Waals surface area contributed by atoms with Crippen LogP contribution in [0, 0.1) is 0 Å². The molecular weight excluding hydrogens is 232 g/mol. The second kappa shape index (κ2) is 3.73. The maximum Gasteiger partial charge on any atom is 0.354 e. The molecule has 0 radical (unpaired) electrons. The van der Waals surface area contributed by atoms with Gasteiger partial charge in [-0.2, -0.15) is 0 Å². The summed E-state index contributed by atoms with van der Waals surface area (Å²) in [5.41, 5.74) is 1.85. The average Bonchev–Trinajstić information content (AvgIpc) is 2.77. The molecule has 0 saturated heterocycles. The van der Waals surface area contributed by atoms with Gasteiger partial charge >= 0.3 is 5.97 Å². The Morgan fingerprint density at radius 2 is 1.94 bits per heavy atom. The summed E-state index contributed by atoms with van der Waals surface area (Å²) in [6.45, 7) is 0. The van der Waals surface area contributed by atoms with Gasteiger partial charge in [-0.1, -0.05) is 18.2 Å². The predicted octanol–water partition coefficient (Wildman–Crippen LogP) is 1.80. The molecule has 2 heterocycles. The van der Waals surface area contributed by atoms with E-state index in [1.54, 1.807) is 0 Å². The number of hydrogen-bond acceptors (Lipinski definition) is 3. The Balaban J connectivity index is 2.44. The van der Waals surface area contributed by atoms with E-state index in [1.165, 1.54) is 13.2 Å². The van der Waals surface area contributed by atoms with E-state index in [1.807, 2.05) is 24.3 Å². The van der Waals surface area contributed by atoms with Gasteiger partial charge in [-0.05, 0) is 6.07 Å². The summed E-state index contributed by atoms with van der Waals surface area (Å²) >= 11 is 0. The SMILES string of the molecule is COC(=O)c1cc(=O)c2[nH]c3ccccc3c2[nH]1. The third-order valence-electron chi connectivity index (χ3n) is 2.89. The summed E-state index contributed by atoms with van der Waals surface area (Å²) in [6.07, 6.45) is 0. The number of nitrogens with one attached hydrogen (secondary N) is 2. The van der Waals surface area contributed by atoms with Crippen molar-refractivity contribution in [3.63, 3.8) is 0 Å². The molecule has 2 aromatic heterocycles. The highest BCUT2D eigenvalue weighted by atomic mass is 16.5. The number of para-hydroxylation sites is 1. The van der Waals surface area contributed by atoms with Crippen molar-refractivity contribution in [1.82, 2.24) is 9.97 Å². The average molecular weight is 242 g/mol. The Bertz CT molecular complexity index is 814.